The zero-order valence-corrected chi connectivity index (χ0v) is 21.3. The third-order valence-corrected chi connectivity index (χ3v) is 6.75. The second-order valence-electron chi connectivity index (χ2n) is 9.50. The number of carbonyl (C=O) groups excluding carboxylic acids is 3. The lowest BCUT2D eigenvalue weighted by molar-refractivity contribution is -0.142. The first-order valence-corrected chi connectivity index (χ1v) is 12.7. The van der Waals surface area contributed by atoms with Crippen molar-refractivity contribution < 1.29 is 19.1 Å². The second-order valence-corrected chi connectivity index (χ2v) is 9.50. The van der Waals surface area contributed by atoms with Crippen LogP contribution in [0.5, 0.6) is 5.75 Å². The molecule has 1 fully saturated rings. The van der Waals surface area contributed by atoms with Crippen molar-refractivity contribution in [1.82, 2.24) is 4.90 Å². The molecule has 1 saturated carbocycles. The van der Waals surface area contributed by atoms with Crippen molar-refractivity contribution in [2.24, 2.45) is 28.1 Å². The van der Waals surface area contributed by atoms with E-state index in [2.05, 4.69) is 4.99 Å². The lowest BCUT2D eigenvalue weighted by Crippen LogP contribution is -2.50. The largest absolute Gasteiger partial charge is 0.427 e. The van der Waals surface area contributed by atoms with Crippen molar-refractivity contribution >= 4 is 23.7 Å². The summed E-state index contributed by atoms with van der Waals surface area (Å²) in [6.45, 7) is 1.85. The summed E-state index contributed by atoms with van der Waals surface area (Å²) in [5.74, 6) is -0.905. The lowest BCUT2D eigenvalue weighted by atomic mass is 9.83. The van der Waals surface area contributed by atoms with E-state index in [9.17, 15) is 14.4 Å². The third kappa shape index (κ3) is 8.06. The number of benzene rings is 2. The quantitative estimate of drug-likeness (QED) is 0.132. The second kappa shape index (κ2) is 13.4. The Bertz CT molecular complexity index is 1080. The number of ether oxygens (including phenoxy) is 1. The fourth-order valence-corrected chi connectivity index (χ4v) is 5.06. The summed E-state index contributed by atoms with van der Waals surface area (Å²) in [5.41, 5.74) is 18.5. The Morgan fingerprint density at radius 2 is 1.65 bits per heavy atom. The fourth-order valence-electron chi connectivity index (χ4n) is 5.06. The summed E-state index contributed by atoms with van der Waals surface area (Å²) in [5, 5.41) is 0. The molecule has 2 atom stereocenters. The van der Waals surface area contributed by atoms with E-state index in [1.54, 1.807) is 29.2 Å². The molecule has 1 unspecified atom stereocenters. The molecule has 0 saturated heterocycles. The molecule has 2 amide bonds. The van der Waals surface area contributed by atoms with Crippen LogP contribution in [-0.4, -0.2) is 41.2 Å². The highest BCUT2D eigenvalue weighted by atomic mass is 16.5. The molecule has 37 heavy (non-hydrogen) atoms. The minimum atomic E-state index is -0.831. The fraction of sp³-hybridized carbons (Fsp3) is 0.429. The van der Waals surface area contributed by atoms with Crippen LogP contribution in [0, 0.1) is 5.92 Å². The maximum Gasteiger partial charge on any atom is 0.308 e. The molecule has 3 rings (SSSR count). The van der Waals surface area contributed by atoms with Crippen molar-refractivity contribution in [1.29, 1.82) is 0 Å². The Kier molecular flexibility index (Phi) is 10.1. The molecule has 0 radical (unpaired) electrons. The molecule has 2 aromatic carbocycles. The van der Waals surface area contributed by atoms with E-state index < -0.39 is 17.9 Å². The molecule has 2 aromatic rings. The highest BCUT2D eigenvalue weighted by Crippen LogP contribution is 2.39. The van der Waals surface area contributed by atoms with Gasteiger partial charge in [-0.2, -0.15) is 0 Å². The van der Waals surface area contributed by atoms with Gasteiger partial charge < -0.3 is 26.8 Å². The molecule has 0 aromatic heterocycles. The van der Waals surface area contributed by atoms with Gasteiger partial charge in [0.05, 0.1) is 5.92 Å². The van der Waals surface area contributed by atoms with Crippen molar-refractivity contribution in [2.75, 3.05) is 6.54 Å². The van der Waals surface area contributed by atoms with E-state index in [0.29, 0.717) is 25.1 Å². The number of aliphatic imine (C=N–C) groups is 1. The molecular weight excluding hydrogens is 470 g/mol. The van der Waals surface area contributed by atoms with Gasteiger partial charge in [0, 0.05) is 20.0 Å². The van der Waals surface area contributed by atoms with Gasteiger partial charge in [-0.3, -0.25) is 19.4 Å². The molecule has 9 nitrogen and oxygen atoms in total. The van der Waals surface area contributed by atoms with Crippen LogP contribution in [0.4, 0.5) is 0 Å². The predicted molar refractivity (Wildman–Crippen MR) is 142 cm³/mol. The van der Waals surface area contributed by atoms with Gasteiger partial charge in [-0.15, -0.1) is 0 Å². The number of primary amides is 1. The molecule has 6 N–H and O–H groups in total. The first kappa shape index (κ1) is 27.7. The molecular formula is C28H37N5O4. The summed E-state index contributed by atoms with van der Waals surface area (Å²) in [4.78, 5) is 43.9. The van der Waals surface area contributed by atoms with Crippen LogP contribution in [0.2, 0.25) is 0 Å². The molecule has 0 heterocycles. The van der Waals surface area contributed by atoms with Crippen LogP contribution < -0.4 is 21.9 Å². The lowest BCUT2D eigenvalue weighted by Gasteiger charge is -2.35. The van der Waals surface area contributed by atoms with Gasteiger partial charge in [-0.05, 0) is 54.9 Å². The minimum Gasteiger partial charge on any atom is -0.427 e. The number of amides is 2. The maximum atomic E-state index is 14.3. The Morgan fingerprint density at radius 3 is 2.22 bits per heavy atom. The molecule has 0 spiro atoms. The number of guanidine groups is 1. The Balaban J connectivity index is 1.94. The van der Waals surface area contributed by atoms with Crippen LogP contribution in [0.15, 0.2) is 59.6 Å². The van der Waals surface area contributed by atoms with Crippen LogP contribution in [0.1, 0.15) is 62.5 Å². The molecule has 9 heteroatoms. The Labute approximate surface area is 218 Å². The third-order valence-electron chi connectivity index (χ3n) is 6.75. The highest BCUT2D eigenvalue weighted by Gasteiger charge is 2.38. The average molecular weight is 508 g/mol. The van der Waals surface area contributed by atoms with Crippen LogP contribution in [0.3, 0.4) is 0 Å². The van der Waals surface area contributed by atoms with E-state index in [4.69, 9.17) is 21.9 Å². The summed E-state index contributed by atoms with van der Waals surface area (Å²) in [7, 11) is 0. The van der Waals surface area contributed by atoms with Crippen molar-refractivity contribution in [2.45, 2.75) is 64.0 Å². The molecule has 198 valence electrons. The summed E-state index contributed by atoms with van der Waals surface area (Å²) in [6, 6.07) is 15.8. The minimum absolute atomic E-state index is 0.0261. The number of nitrogens with zero attached hydrogens (tertiary/aromatic N) is 2. The van der Waals surface area contributed by atoms with Crippen molar-refractivity contribution in [3.05, 3.63) is 65.7 Å². The molecule has 0 aliphatic heterocycles. The number of esters is 1. The predicted octanol–water partition coefficient (Wildman–Crippen LogP) is 2.82. The highest BCUT2D eigenvalue weighted by molar-refractivity contribution is 5.90. The monoisotopic (exact) mass is 507 g/mol. The zero-order valence-electron chi connectivity index (χ0n) is 21.3. The molecule has 1 aliphatic rings. The summed E-state index contributed by atoms with van der Waals surface area (Å²) >= 11 is 0. The average Bonchev–Trinajstić information content (AvgIpc) is 3.38. The van der Waals surface area contributed by atoms with Crippen LogP contribution >= 0.6 is 0 Å². The van der Waals surface area contributed by atoms with Crippen LogP contribution in [0.25, 0.3) is 0 Å². The van der Waals surface area contributed by atoms with Crippen LogP contribution in [-0.2, 0) is 20.9 Å². The van der Waals surface area contributed by atoms with Gasteiger partial charge >= 0.3 is 5.97 Å². The number of nitrogens with two attached hydrogens (primary N) is 3. The van der Waals surface area contributed by atoms with Gasteiger partial charge in [0.15, 0.2) is 5.96 Å². The van der Waals surface area contributed by atoms with E-state index in [-0.39, 0.29) is 30.2 Å². The normalized spacial score (nSPS) is 14.9. The molecule has 0 bridgehead atoms. The summed E-state index contributed by atoms with van der Waals surface area (Å²) in [6.07, 6.45) is 4.90. The van der Waals surface area contributed by atoms with Gasteiger partial charge in [0.1, 0.15) is 11.8 Å². The molecule has 1 aliphatic carbocycles. The smallest absolute Gasteiger partial charge is 0.308 e. The topological polar surface area (TPSA) is 154 Å². The van der Waals surface area contributed by atoms with Gasteiger partial charge in [-0.1, -0.05) is 55.3 Å². The number of hydrogen-bond donors (Lipinski definition) is 3. The Hall–Kier alpha value is -3.88. The van der Waals surface area contributed by atoms with Gasteiger partial charge in [0.25, 0.3) is 0 Å². The first-order chi connectivity index (χ1) is 17.8. The first-order valence-electron chi connectivity index (χ1n) is 12.7. The zero-order chi connectivity index (χ0) is 26.8. The van der Waals surface area contributed by atoms with E-state index in [0.717, 1.165) is 36.8 Å². The van der Waals surface area contributed by atoms with Gasteiger partial charge in [-0.25, -0.2) is 0 Å². The number of carbonyl (C=O) groups is 3. The summed E-state index contributed by atoms with van der Waals surface area (Å²) < 4.78 is 5.13. The SMILES string of the molecule is CC(=O)Oc1ccc(CN(C(=O)C(c2ccccc2)C2CCCC2)[C@H](CCCN=C(N)N)C(N)=O)cc1. The number of hydrogen-bond acceptors (Lipinski definition) is 5. The van der Waals surface area contributed by atoms with E-state index in [1.807, 2.05) is 30.3 Å². The van der Waals surface area contributed by atoms with Crippen molar-refractivity contribution in [3.8, 4) is 5.75 Å². The standard InChI is InChI=1S/C28H37N5O4/c1-19(34)37-23-15-13-20(14-16-23)18-33(24(26(29)35)12-7-17-32-28(30)31)27(36)25(22-10-5-6-11-22)21-8-3-2-4-9-21/h2-4,8-9,13-16,22,24-25H,5-7,10-12,17-18H2,1H3,(H2,29,35)(H4,30,31,32)/t24-,25?/m1/s1. The van der Waals surface area contributed by atoms with Crippen molar-refractivity contribution in [3.63, 3.8) is 0 Å². The van der Waals surface area contributed by atoms with E-state index in [1.165, 1.54) is 6.92 Å². The number of rotatable bonds is 12. The maximum absolute atomic E-state index is 14.3. The van der Waals surface area contributed by atoms with E-state index >= 15 is 0 Å². The Morgan fingerprint density at radius 1 is 1.00 bits per heavy atom. The van der Waals surface area contributed by atoms with Gasteiger partial charge in [0.2, 0.25) is 11.8 Å².